The number of esters is 1. The number of carbonyl (C=O) groups is 1. The van der Waals surface area contributed by atoms with Crippen LogP contribution < -0.4 is 0 Å². The van der Waals surface area contributed by atoms with Crippen LogP contribution in [0.2, 0.25) is 0 Å². The molecule has 2 heteroatoms. The van der Waals surface area contributed by atoms with Gasteiger partial charge in [0.15, 0.2) is 0 Å². The fourth-order valence-electron chi connectivity index (χ4n) is 1.71. The topological polar surface area (TPSA) is 26.3 Å². The predicted molar refractivity (Wildman–Crippen MR) is 68.2 cm³/mol. The van der Waals surface area contributed by atoms with E-state index in [-0.39, 0.29) is 12.1 Å². The van der Waals surface area contributed by atoms with E-state index in [2.05, 4.69) is 34.6 Å². The van der Waals surface area contributed by atoms with Crippen LogP contribution in [-0.2, 0) is 9.53 Å². The average Bonchev–Trinajstić information content (AvgIpc) is 2.20. The third kappa shape index (κ3) is 6.65. The summed E-state index contributed by atoms with van der Waals surface area (Å²) in [4.78, 5) is 11.6. The van der Waals surface area contributed by atoms with E-state index in [9.17, 15) is 4.79 Å². The fraction of sp³-hybridized carbons (Fsp3) is 0.786. The molecule has 0 bridgehead atoms. The Morgan fingerprint density at radius 1 is 1.12 bits per heavy atom. The molecule has 2 nitrogen and oxygen atoms in total. The van der Waals surface area contributed by atoms with Crippen molar-refractivity contribution >= 4 is 5.97 Å². The van der Waals surface area contributed by atoms with E-state index >= 15 is 0 Å². The summed E-state index contributed by atoms with van der Waals surface area (Å²) >= 11 is 0. The highest BCUT2D eigenvalue weighted by Gasteiger charge is 2.21. The number of unbranched alkanes of at least 4 members (excludes halogenated alkanes) is 1. The molecule has 0 saturated carbocycles. The van der Waals surface area contributed by atoms with Gasteiger partial charge in [-0.2, -0.15) is 0 Å². The first-order chi connectivity index (χ1) is 7.49. The Bertz CT molecular complexity index is 209. The first-order valence-corrected chi connectivity index (χ1v) is 6.33. The lowest BCUT2D eigenvalue weighted by Gasteiger charge is -2.24. The maximum atomic E-state index is 11.6. The van der Waals surface area contributed by atoms with Crippen molar-refractivity contribution in [2.75, 3.05) is 0 Å². The molecule has 0 radical (unpaired) electrons. The molecule has 0 unspecified atom stereocenters. The van der Waals surface area contributed by atoms with Crippen LogP contribution in [0.4, 0.5) is 0 Å². The molecule has 16 heavy (non-hydrogen) atoms. The quantitative estimate of drug-likeness (QED) is 0.485. The SMILES string of the molecule is CCC/C=C\CC(=O)OC(C(C)C)C(C)C. The third-order valence-electron chi connectivity index (χ3n) is 2.49. The molecule has 0 fully saturated rings. The maximum Gasteiger partial charge on any atom is 0.309 e. The smallest absolute Gasteiger partial charge is 0.309 e. The minimum Gasteiger partial charge on any atom is -0.462 e. The van der Waals surface area contributed by atoms with Crippen molar-refractivity contribution < 1.29 is 9.53 Å². The zero-order valence-corrected chi connectivity index (χ0v) is 11.3. The van der Waals surface area contributed by atoms with Gasteiger partial charge in [0.1, 0.15) is 6.10 Å². The average molecular weight is 226 g/mol. The zero-order chi connectivity index (χ0) is 12.6. The zero-order valence-electron chi connectivity index (χ0n) is 11.3. The largest absolute Gasteiger partial charge is 0.462 e. The van der Waals surface area contributed by atoms with Crippen molar-refractivity contribution in [3.8, 4) is 0 Å². The lowest BCUT2D eigenvalue weighted by molar-refractivity contribution is -0.152. The van der Waals surface area contributed by atoms with E-state index in [0.717, 1.165) is 12.8 Å². The molecular weight excluding hydrogens is 200 g/mol. The Hall–Kier alpha value is -0.790. The molecule has 0 aliphatic rings. The van der Waals surface area contributed by atoms with Crippen LogP contribution in [0, 0.1) is 11.8 Å². The van der Waals surface area contributed by atoms with Crippen LogP contribution in [0.3, 0.4) is 0 Å². The van der Waals surface area contributed by atoms with Crippen molar-refractivity contribution in [1.29, 1.82) is 0 Å². The predicted octanol–water partition coefficient (Wildman–Crippen LogP) is 3.96. The number of ether oxygens (including phenoxy) is 1. The summed E-state index contributed by atoms with van der Waals surface area (Å²) < 4.78 is 5.46. The highest BCUT2D eigenvalue weighted by atomic mass is 16.5. The van der Waals surface area contributed by atoms with Crippen molar-refractivity contribution in [2.45, 2.75) is 60.0 Å². The second-order valence-corrected chi connectivity index (χ2v) is 4.91. The Morgan fingerprint density at radius 3 is 2.12 bits per heavy atom. The molecule has 0 spiro atoms. The van der Waals surface area contributed by atoms with Gasteiger partial charge in [-0.1, -0.05) is 53.2 Å². The standard InChI is InChI=1S/C14H26O2/c1-6-7-8-9-10-13(15)16-14(11(2)3)12(4)5/h8-9,11-12,14H,6-7,10H2,1-5H3/b9-8-. The summed E-state index contributed by atoms with van der Waals surface area (Å²) in [5.41, 5.74) is 0. The van der Waals surface area contributed by atoms with E-state index in [1.807, 2.05) is 12.2 Å². The molecule has 0 heterocycles. The minimum atomic E-state index is -0.111. The maximum absolute atomic E-state index is 11.6. The van der Waals surface area contributed by atoms with Gasteiger partial charge in [-0.3, -0.25) is 4.79 Å². The lowest BCUT2D eigenvalue weighted by atomic mass is 9.96. The summed E-state index contributed by atoms with van der Waals surface area (Å²) in [7, 11) is 0. The van der Waals surface area contributed by atoms with Gasteiger partial charge in [0.05, 0.1) is 6.42 Å². The van der Waals surface area contributed by atoms with Gasteiger partial charge in [0.25, 0.3) is 0 Å². The first-order valence-electron chi connectivity index (χ1n) is 6.33. The second kappa shape index (κ2) is 8.37. The highest BCUT2D eigenvalue weighted by Crippen LogP contribution is 2.16. The van der Waals surface area contributed by atoms with Gasteiger partial charge in [0.2, 0.25) is 0 Å². The van der Waals surface area contributed by atoms with Gasteiger partial charge in [-0.05, 0) is 18.3 Å². The molecule has 0 saturated heterocycles. The molecule has 94 valence electrons. The molecular formula is C14H26O2. The van der Waals surface area contributed by atoms with E-state index in [0.29, 0.717) is 18.3 Å². The Labute approximate surface area is 100 Å². The molecule has 0 rings (SSSR count). The van der Waals surface area contributed by atoms with Crippen LogP contribution in [0.15, 0.2) is 12.2 Å². The van der Waals surface area contributed by atoms with Crippen molar-refractivity contribution in [3.05, 3.63) is 12.2 Å². The van der Waals surface area contributed by atoms with E-state index in [4.69, 9.17) is 4.74 Å². The number of allylic oxidation sites excluding steroid dienone is 1. The van der Waals surface area contributed by atoms with Crippen LogP contribution in [0.1, 0.15) is 53.9 Å². The molecule has 0 aromatic rings. The summed E-state index contributed by atoms with van der Waals surface area (Å²) in [5, 5.41) is 0. The van der Waals surface area contributed by atoms with E-state index in [1.165, 1.54) is 0 Å². The molecule has 0 aromatic carbocycles. The molecule has 0 N–H and O–H groups in total. The summed E-state index contributed by atoms with van der Waals surface area (Å²) in [6, 6.07) is 0. The van der Waals surface area contributed by atoms with Crippen LogP contribution >= 0.6 is 0 Å². The van der Waals surface area contributed by atoms with Crippen LogP contribution in [-0.4, -0.2) is 12.1 Å². The summed E-state index contributed by atoms with van der Waals surface area (Å²) in [6.45, 7) is 10.5. The van der Waals surface area contributed by atoms with E-state index in [1.54, 1.807) is 0 Å². The fourth-order valence-corrected chi connectivity index (χ4v) is 1.71. The third-order valence-corrected chi connectivity index (χ3v) is 2.49. The number of carbonyl (C=O) groups excluding carboxylic acids is 1. The Morgan fingerprint density at radius 2 is 1.69 bits per heavy atom. The van der Waals surface area contributed by atoms with Gasteiger partial charge in [0, 0.05) is 0 Å². The van der Waals surface area contributed by atoms with Crippen LogP contribution in [0.25, 0.3) is 0 Å². The van der Waals surface area contributed by atoms with Gasteiger partial charge in [-0.25, -0.2) is 0 Å². The normalized spacial score (nSPS) is 12.0. The van der Waals surface area contributed by atoms with Crippen LogP contribution in [0.5, 0.6) is 0 Å². The molecule has 0 aliphatic heterocycles. The monoisotopic (exact) mass is 226 g/mol. The van der Waals surface area contributed by atoms with Gasteiger partial charge < -0.3 is 4.74 Å². The first kappa shape index (κ1) is 15.2. The highest BCUT2D eigenvalue weighted by molar-refractivity contribution is 5.71. The molecule has 0 amide bonds. The number of rotatable bonds is 7. The van der Waals surface area contributed by atoms with Crippen molar-refractivity contribution in [1.82, 2.24) is 0 Å². The summed E-state index contributed by atoms with van der Waals surface area (Å²) in [6.07, 6.45) is 6.53. The summed E-state index contributed by atoms with van der Waals surface area (Å²) in [5.74, 6) is 0.645. The molecule has 0 aromatic heterocycles. The molecule has 0 atom stereocenters. The number of hydrogen-bond donors (Lipinski definition) is 0. The van der Waals surface area contributed by atoms with E-state index < -0.39 is 0 Å². The van der Waals surface area contributed by atoms with Gasteiger partial charge in [-0.15, -0.1) is 0 Å². The lowest BCUT2D eigenvalue weighted by Crippen LogP contribution is -2.28. The minimum absolute atomic E-state index is 0.0343. The van der Waals surface area contributed by atoms with Gasteiger partial charge >= 0.3 is 5.97 Å². The Balaban J connectivity index is 4.01. The second-order valence-electron chi connectivity index (χ2n) is 4.91. The van der Waals surface area contributed by atoms with Crippen molar-refractivity contribution in [3.63, 3.8) is 0 Å². The Kier molecular flexibility index (Phi) is 7.96. The molecule has 0 aliphatic carbocycles. The number of hydrogen-bond acceptors (Lipinski definition) is 2. The van der Waals surface area contributed by atoms with Crippen molar-refractivity contribution in [2.24, 2.45) is 11.8 Å².